The summed E-state index contributed by atoms with van der Waals surface area (Å²) in [4.78, 5) is 15.0. The van der Waals surface area contributed by atoms with Crippen LogP contribution in [0.5, 0.6) is 0 Å². The molecule has 1 aliphatic heterocycles. The van der Waals surface area contributed by atoms with E-state index >= 15 is 0 Å². The van der Waals surface area contributed by atoms with E-state index in [2.05, 4.69) is 10.4 Å². The summed E-state index contributed by atoms with van der Waals surface area (Å²) in [7, 11) is 3.57. The molecule has 5 nitrogen and oxygen atoms in total. The van der Waals surface area contributed by atoms with Gasteiger partial charge in [0.2, 0.25) is 5.91 Å². The summed E-state index contributed by atoms with van der Waals surface area (Å²) >= 11 is 12.6. The molecule has 0 aliphatic carbocycles. The second-order valence-electron chi connectivity index (χ2n) is 5.41. The zero-order valence-electron chi connectivity index (χ0n) is 12.4. The Morgan fingerprint density at radius 3 is 2.87 bits per heavy atom. The van der Waals surface area contributed by atoms with Gasteiger partial charge in [-0.15, -0.1) is 11.3 Å². The lowest BCUT2D eigenvalue weighted by Crippen LogP contribution is -2.31. The van der Waals surface area contributed by atoms with Crippen molar-refractivity contribution >= 4 is 51.7 Å². The topological polar surface area (TPSA) is 50.2 Å². The quantitative estimate of drug-likeness (QED) is 0.842. The lowest BCUT2D eigenvalue weighted by molar-refractivity contribution is -0.118. The first-order chi connectivity index (χ1) is 10.9. The maximum absolute atomic E-state index is 13.6. The van der Waals surface area contributed by atoms with Crippen molar-refractivity contribution < 1.29 is 9.18 Å². The Morgan fingerprint density at radius 1 is 1.57 bits per heavy atom. The van der Waals surface area contributed by atoms with E-state index < -0.39 is 11.0 Å². The van der Waals surface area contributed by atoms with Gasteiger partial charge in [-0.1, -0.05) is 23.8 Å². The first-order valence-corrected chi connectivity index (χ1v) is 8.53. The third kappa shape index (κ3) is 2.86. The first-order valence-electron chi connectivity index (χ1n) is 6.86. The molecule has 0 radical (unpaired) electrons. The summed E-state index contributed by atoms with van der Waals surface area (Å²) in [6.07, 6.45) is 1.65. The van der Waals surface area contributed by atoms with Gasteiger partial charge in [0, 0.05) is 32.1 Å². The van der Waals surface area contributed by atoms with Crippen molar-refractivity contribution in [3.8, 4) is 0 Å². The zero-order chi connectivity index (χ0) is 16.7. The molecule has 2 aromatic heterocycles. The van der Waals surface area contributed by atoms with Crippen molar-refractivity contribution in [3.63, 3.8) is 0 Å². The van der Waals surface area contributed by atoms with Crippen molar-refractivity contribution in [1.29, 1.82) is 0 Å². The molecular weight excluding hydrogens is 359 g/mol. The van der Waals surface area contributed by atoms with Crippen molar-refractivity contribution in [1.82, 2.24) is 14.7 Å². The fourth-order valence-electron chi connectivity index (χ4n) is 2.75. The standard InChI is InChI=1S/C14H14ClFN4OS2/c1-19-6-8(7-5-17-20(2)11(7)15)10(14(19)22)13(21)18-9-3-4-23-12(9)16/h3-5,8,10H,6H2,1-2H3,(H,18,21)/t8-,10+/m1/s1. The number of thiophene rings is 1. The second-order valence-corrected chi connectivity index (χ2v) is 7.06. The smallest absolute Gasteiger partial charge is 0.235 e. The van der Waals surface area contributed by atoms with E-state index in [1.165, 1.54) is 6.07 Å². The normalized spacial score (nSPS) is 21.0. The Kier molecular flexibility index (Phi) is 4.39. The van der Waals surface area contributed by atoms with Crippen LogP contribution in [0.15, 0.2) is 17.6 Å². The predicted octanol–water partition coefficient (Wildman–Crippen LogP) is 2.89. The number of thiocarbonyl (C=S) groups is 1. The van der Waals surface area contributed by atoms with Crippen LogP contribution in [0.2, 0.25) is 5.15 Å². The van der Waals surface area contributed by atoms with E-state index in [0.717, 1.165) is 16.9 Å². The van der Waals surface area contributed by atoms with Crippen LogP contribution in [-0.4, -0.2) is 39.2 Å². The molecule has 0 unspecified atom stereocenters. The number of nitrogens with one attached hydrogen (secondary N) is 1. The van der Waals surface area contributed by atoms with E-state index in [1.807, 2.05) is 11.9 Å². The Hall–Kier alpha value is -1.51. The number of rotatable bonds is 3. The van der Waals surface area contributed by atoms with E-state index in [4.69, 9.17) is 23.8 Å². The van der Waals surface area contributed by atoms with Crippen molar-refractivity contribution in [2.75, 3.05) is 18.9 Å². The second kappa shape index (κ2) is 6.18. The monoisotopic (exact) mass is 372 g/mol. The molecule has 0 aromatic carbocycles. The first kappa shape index (κ1) is 16.4. The molecule has 23 heavy (non-hydrogen) atoms. The SMILES string of the molecule is CN1C[C@H](c2cnn(C)c2Cl)[C@@H](C(=O)Nc2ccsc2F)C1=S. The molecule has 9 heteroatoms. The number of anilines is 1. The Bertz CT molecular complexity index is 775. The van der Waals surface area contributed by atoms with Crippen molar-refractivity contribution in [3.05, 3.63) is 33.5 Å². The summed E-state index contributed by atoms with van der Waals surface area (Å²) in [5.41, 5.74) is 0.945. The highest BCUT2D eigenvalue weighted by Gasteiger charge is 2.43. The van der Waals surface area contributed by atoms with Crippen LogP contribution in [0.25, 0.3) is 0 Å². The Balaban J connectivity index is 1.90. The molecule has 122 valence electrons. The number of hydrogen-bond acceptors (Lipinski definition) is 4. The van der Waals surface area contributed by atoms with Gasteiger partial charge in [-0.25, -0.2) is 0 Å². The summed E-state index contributed by atoms with van der Waals surface area (Å²) in [5, 5.41) is 8.39. The fraction of sp³-hybridized carbons (Fsp3) is 0.357. The maximum Gasteiger partial charge on any atom is 0.235 e. The molecule has 2 aromatic rings. The number of carbonyl (C=O) groups is 1. The van der Waals surface area contributed by atoms with E-state index in [0.29, 0.717) is 16.7 Å². The van der Waals surface area contributed by atoms with Crippen LogP contribution in [-0.2, 0) is 11.8 Å². The number of aryl methyl sites for hydroxylation is 1. The molecule has 0 saturated carbocycles. The highest BCUT2D eigenvalue weighted by atomic mass is 35.5. The van der Waals surface area contributed by atoms with Gasteiger partial charge in [0.1, 0.15) is 5.15 Å². The number of halogens is 2. The molecule has 1 aliphatic rings. The van der Waals surface area contributed by atoms with Crippen LogP contribution < -0.4 is 5.32 Å². The Morgan fingerprint density at radius 2 is 2.30 bits per heavy atom. The molecule has 1 N–H and O–H groups in total. The molecule has 3 heterocycles. The van der Waals surface area contributed by atoms with Gasteiger partial charge in [0.25, 0.3) is 0 Å². The van der Waals surface area contributed by atoms with Gasteiger partial charge in [0.15, 0.2) is 5.13 Å². The van der Waals surface area contributed by atoms with Gasteiger partial charge in [-0.3, -0.25) is 9.48 Å². The van der Waals surface area contributed by atoms with Crippen LogP contribution in [0, 0.1) is 11.0 Å². The lowest BCUT2D eigenvalue weighted by atomic mass is 9.90. The van der Waals surface area contributed by atoms with E-state index in [1.54, 1.807) is 23.3 Å². The number of carbonyl (C=O) groups excluding carboxylic acids is 1. The highest BCUT2D eigenvalue weighted by molar-refractivity contribution is 7.80. The molecule has 0 spiro atoms. The van der Waals surface area contributed by atoms with Crippen molar-refractivity contribution in [2.45, 2.75) is 5.92 Å². The molecule has 2 atom stereocenters. The number of amides is 1. The minimum atomic E-state index is -0.587. The predicted molar refractivity (Wildman–Crippen MR) is 92.6 cm³/mol. The molecule has 1 amide bonds. The van der Waals surface area contributed by atoms with E-state index in [-0.39, 0.29) is 17.5 Å². The minimum Gasteiger partial charge on any atom is -0.368 e. The number of likely N-dealkylation sites (N-methyl/N-ethyl adjacent to an activating group) is 1. The number of hydrogen-bond donors (Lipinski definition) is 1. The van der Waals surface area contributed by atoms with Crippen LogP contribution in [0.3, 0.4) is 0 Å². The largest absolute Gasteiger partial charge is 0.368 e. The van der Waals surface area contributed by atoms with Crippen molar-refractivity contribution in [2.24, 2.45) is 13.0 Å². The molecule has 3 rings (SSSR count). The van der Waals surface area contributed by atoms with Crippen LogP contribution >= 0.6 is 35.2 Å². The number of nitrogens with zero attached hydrogens (tertiary/aromatic N) is 3. The van der Waals surface area contributed by atoms with Gasteiger partial charge < -0.3 is 10.2 Å². The average Bonchev–Trinajstić information content (AvgIpc) is 3.13. The summed E-state index contributed by atoms with van der Waals surface area (Å²) < 4.78 is 15.1. The molecule has 1 saturated heterocycles. The lowest BCUT2D eigenvalue weighted by Gasteiger charge is -2.17. The average molecular weight is 373 g/mol. The summed E-state index contributed by atoms with van der Waals surface area (Å²) in [5.74, 6) is -1.13. The number of aromatic nitrogens is 2. The van der Waals surface area contributed by atoms with Gasteiger partial charge in [-0.2, -0.15) is 9.49 Å². The van der Waals surface area contributed by atoms with Crippen LogP contribution in [0.4, 0.5) is 10.1 Å². The fourth-order valence-corrected chi connectivity index (χ4v) is 3.90. The summed E-state index contributed by atoms with van der Waals surface area (Å²) in [6, 6.07) is 1.53. The maximum atomic E-state index is 13.6. The molecular formula is C14H14ClFN4OS2. The Labute approximate surface area is 147 Å². The van der Waals surface area contributed by atoms with Gasteiger partial charge >= 0.3 is 0 Å². The number of likely N-dealkylation sites (tertiary alicyclic amines) is 1. The summed E-state index contributed by atoms with van der Waals surface area (Å²) in [6.45, 7) is 0.564. The zero-order valence-corrected chi connectivity index (χ0v) is 14.8. The molecule has 1 fully saturated rings. The van der Waals surface area contributed by atoms with E-state index in [9.17, 15) is 9.18 Å². The van der Waals surface area contributed by atoms with Crippen LogP contribution in [0.1, 0.15) is 11.5 Å². The highest BCUT2D eigenvalue weighted by Crippen LogP contribution is 2.38. The molecule has 0 bridgehead atoms. The van der Waals surface area contributed by atoms with Gasteiger partial charge in [-0.05, 0) is 11.4 Å². The minimum absolute atomic E-state index is 0.174. The third-order valence-electron chi connectivity index (χ3n) is 3.97. The van der Waals surface area contributed by atoms with Gasteiger partial charge in [0.05, 0.1) is 22.8 Å². The third-order valence-corrected chi connectivity index (χ3v) is 5.69.